The quantitative estimate of drug-likeness (QED) is 0.825. The molecule has 0 bridgehead atoms. The Kier molecular flexibility index (Phi) is 3.58. The van der Waals surface area contributed by atoms with E-state index in [4.69, 9.17) is 5.11 Å². The summed E-state index contributed by atoms with van der Waals surface area (Å²) in [5.41, 5.74) is 3.90. The van der Waals surface area contributed by atoms with Gasteiger partial charge in [0.05, 0.1) is 0 Å². The Labute approximate surface area is 106 Å². The average Bonchev–Trinajstić information content (AvgIpc) is 2.39. The van der Waals surface area contributed by atoms with Gasteiger partial charge in [-0.2, -0.15) is 0 Å². The molecule has 0 aliphatic heterocycles. The SMILES string of the molecule is C/C(=C\C(=O)O)c1cccc(-c2ccccc2)c1. The molecule has 0 saturated carbocycles. The van der Waals surface area contributed by atoms with E-state index in [0.717, 1.165) is 22.3 Å². The summed E-state index contributed by atoms with van der Waals surface area (Å²) in [4.78, 5) is 10.7. The minimum atomic E-state index is -0.919. The minimum absolute atomic E-state index is 0.750. The number of aliphatic carboxylic acids is 1. The Balaban J connectivity index is 2.40. The van der Waals surface area contributed by atoms with Gasteiger partial charge in [0.1, 0.15) is 0 Å². The Morgan fingerprint density at radius 1 is 1.00 bits per heavy atom. The molecule has 0 atom stereocenters. The molecule has 0 radical (unpaired) electrons. The lowest BCUT2D eigenvalue weighted by Gasteiger charge is -2.05. The van der Waals surface area contributed by atoms with E-state index in [9.17, 15) is 4.79 Å². The van der Waals surface area contributed by atoms with E-state index in [2.05, 4.69) is 0 Å². The summed E-state index contributed by atoms with van der Waals surface area (Å²) in [7, 11) is 0. The average molecular weight is 238 g/mol. The summed E-state index contributed by atoms with van der Waals surface area (Å²) < 4.78 is 0. The summed E-state index contributed by atoms with van der Waals surface area (Å²) in [6.07, 6.45) is 1.23. The maximum atomic E-state index is 10.7. The molecule has 0 aliphatic carbocycles. The number of rotatable bonds is 3. The number of hydrogen-bond donors (Lipinski definition) is 1. The first kappa shape index (κ1) is 12.1. The van der Waals surface area contributed by atoms with E-state index in [1.165, 1.54) is 6.08 Å². The Morgan fingerprint density at radius 3 is 2.33 bits per heavy atom. The highest BCUT2D eigenvalue weighted by atomic mass is 16.4. The second kappa shape index (κ2) is 5.32. The van der Waals surface area contributed by atoms with Gasteiger partial charge in [0.2, 0.25) is 0 Å². The molecule has 0 fully saturated rings. The molecule has 2 heteroatoms. The highest BCUT2D eigenvalue weighted by Gasteiger charge is 2.01. The smallest absolute Gasteiger partial charge is 0.328 e. The molecule has 0 aromatic heterocycles. The van der Waals surface area contributed by atoms with Gasteiger partial charge >= 0.3 is 5.97 Å². The number of benzene rings is 2. The van der Waals surface area contributed by atoms with Crippen molar-refractivity contribution in [3.05, 3.63) is 66.2 Å². The molecule has 0 spiro atoms. The number of hydrogen-bond acceptors (Lipinski definition) is 1. The van der Waals surface area contributed by atoms with Gasteiger partial charge in [-0.1, -0.05) is 48.5 Å². The van der Waals surface area contributed by atoms with Gasteiger partial charge in [-0.15, -0.1) is 0 Å². The Hall–Kier alpha value is -2.35. The molecule has 0 unspecified atom stereocenters. The van der Waals surface area contributed by atoms with Gasteiger partial charge in [-0.25, -0.2) is 4.79 Å². The third-order valence-corrected chi connectivity index (χ3v) is 2.77. The van der Waals surface area contributed by atoms with E-state index in [1.54, 1.807) is 6.92 Å². The van der Waals surface area contributed by atoms with Crippen molar-refractivity contribution in [1.82, 2.24) is 0 Å². The van der Waals surface area contributed by atoms with Crippen LogP contribution in [0.2, 0.25) is 0 Å². The standard InChI is InChI=1S/C16H14O2/c1-12(10-16(17)18)14-8-5-9-15(11-14)13-6-3-2-4-7-13/h2-11H,1H3,(H,17,18)/b12-10+. The lowest BCUT2D eigenvalue weighted by atomic mass is 10.00. The molecule has 2 aromatic carbocycles. The molecule has 0 aliphatic rings. The van der Waals surface area contributed by atoms with E-state index < -0.39 is 5.97 Å². The predicted molar refractivity (Wildman–Crippen MR) is 73.2 cm³/mol. The van der Waals surface area contributed by atoms with Crippen molar-refractivity contribution in [3.8, 4) is 11.1 Å². The summed E-state index contributed by atoms with van der Waals surface area (Å²) in [6.45, 7) is 1.80. The lowest BCUT2D eigenvalue weighted by molar-refractivity contribution is -0.131. The first-order valence-corrected chi connectivity index (χ1v) is 5.74. The van der Waals surface area contributed by atoms with Crippen LogP contribution in [0.3, 0.4) is 0 Å². The van der Waals surface area contributed by atoms with E-state index in [0.29, 0.717) is 0 Å². The normalized spacial score (nSPS) is 11.3. The van der Waals surface area contributed by atoms with Gasteiger partial charge in [-0.3, -0.25) is 0 Å². The topological polar surface area (TPSA) is 37.3 Å². The van der Waals surface area contributed by atoms with E-state index >= 15 is 0 Å². The second-order valence-electron chi connectivity index (χ2n) is 4.11. The highest BCUT2D eigenvalue weighted by Crippen LogP contribution is 2.23. The van der Waals surface area contributed by atoms with Crippen molar-refractivity contribution in [2.75, 3.05) is 0 Å². The van der Waals surface area contributed by atoms with Gasteiger partial charge < -0.3 is 5.11 Å². The van der Waals surface area contributed by atoms with Gasteiger partial charge in [0.25, 0.3) is 0 Å². The zero-order valence-electron chi connectivity index (χ0n) is 10.1. The van der Waals surface area contributed by atoms with Gasteiger partial charge in [0.15, 0.2) is 0 Å². The molecular formula is C16H14O2. The van der Waals surface area contributed by atoms with Crippen molar-refractivity contribution >= 4 is 11.5 Å². The lowest BCUT2D eigenvalue weighted by Crippen LogP contribution is -1.90. The number of carboxylic acids is 1. The minimum Gasteiger partial charge on any atom is -0.478 e. The van der Waals surface area contributed by atoms with Crippen LogP contribution in [0.1, 0.15) is 12.5 Å². The van der Waals surface area contributed by atoms with Crippen molar-refractivity contribution in [3.63, 3.8) is 0 Å². The Morgan fingerprint density at radius 2 is 1.67 bits per heavy atom. The molecule has 2 nitrogen and oxygen atoms in total. The predicted octanol–water partition coefficient (Wildman–Crippen LogP) is 3.84. The third kappa shape index (κ3) is 2.86. The van der Waals surface area contributed by atoms with Crippen LogP contribution in [-0.4, -0.2) is 11.1 Å². The zero-order chi connectivity index (χ0) is 13.0. The largest absolute Gasteiger partial charge is 0.478 e. The fourth-order valence-corrected chi connectivity index (χ4v) is 1.84. The van der Waals surface area contributed by atoms with Gasteiger partial charge in [0, 0.05) is 6.08 Å². The van der Waals surface area contributed by atoms with Gasteiger partial charge in [-0.05, 0) is 35.3 Å². The molecule has 2 aromatic rings. The molecule has 90 valence electrons. The maximum Gasteiger partial charge on any atom is 0.328 e. The highest BCUT2D eigenvalue weighted by molar-refractivity contribution is 5.90. The maximum absolute atomic E-state index is 10.7. The molecule has 1 N–H and O–H groups in total. The first-order valence-electron chi connectivity index (χ1n) is 5.74. The van der Waals surface area contributed by atoms with Crippen LogP contribution < -0.4 is 0 Å². The molecule has 0 heterocycles. The molecule has 0 saturated heterocycles. The third-order valence-electron chi connectivity index (χ3n) is 2.77. The zero-order valence-corrected chi connectivity index (χ0v) is 10.1. The number of carboxylic acid groups (broad SMARTS) is 1. The molecule has 2 rings (SSSR count). The summed E-state index contributed by atoms with van der Waals surface area (Å²) in [5, 5.41) is 8.76. The number of carbonyl (C=O) groups is 1. The summed E-state index contributed by atoms with van der Waals surface area (Å²) >= 11 is 0. The van der Waals surface area contributed by atoms with Crippen molar-refractivity contribution in [1.29, 1.82) is 0 Å². The van der Waals surface area contributed by atoms with Crippen LogP contribution >= 0.6 is 0 Å². The van der Waals surface area contributed by atoms with Crippen molar-refractivity contribution in [2.45, 2.75) is 6.92 Å². The summed E-state index contributed by atoms with van der Waals surface area (Å²) in [6, 6.07) is 17.9. The van der Waals surface area contributed by atoms with Crippen molar-refractivity contribution in [2.24, 2.45) is 0 Å². The van der Waals surface area contributed by atoms with E-state index in [-0.39, 0.29) is 0 Å². The molecular weight excluding hydrogens is 224 g/mol. The van der Waals surface area contributed by atoms with Crippen LogP contribution in [0, 0.1) is 0 Å². The second-order valence-corrected chi connectivity index (χ2v) is 4.11. The number of allylic oxidation sites excluding steroid dienone is 1. The van der Waals surface area contributed by atoms with Crippen LogP contribution in [0.25, 0.3) is 16.7 Å². The fraction of sp³-hybridized carbons (Fsp3) is 0.0625. The van der Waals surface area contributed by atoms with Crippen molar-refractivity contribution < 1.29 is 9.90 Å². The van der Waals surface area contributed by atoms with Crippen LogP contribution in [0.15, 0.2) is 60.7 Å². The molecule has 18 heavy (non-hydrogen) atoms. The van der Waals surface area contributed by atoms with E-state index in [1.807, 2.05) is 54.6 Å². The summed E-state index contributed by atoms with van der Waals surface area (Å²) in [5.74, 6) is -0.919. The molecule has 0 amide bonds. The Bertz CT molecular complexity index is 583. The van der Waals surface area contributed by atoms with Crippen LogP contribution in [0.5, 0.6) is 0 Å². The van der Waals surface area contributed by atoms with Crippen LogP contribution in [0.4, 0.5) is 0 Å². The fourth-order valence-electron chi connectivity index (χ4n) is 1.84. The van der Waals surface area contributed by atoms with Crippen LogP contribution in [-0.2, 0) is 4.79 Å². The monoisotopic (exact) mass is 238 g/mol. The first-order chi connectivity index (χ1) is 8.66.